The van der Waals surface area contributed by atoms with Gasteiger partial charge in [-0.3, -0.25) is 9.00 Å². The lowest BCUT2D eigenvalue weighted by Gasteiger charge is -2.03. The quantitative estimate of drug-likeness (QED) is 0.427. The van der Waals surface area contributed by atoms with Gasteiger partial charge in [0.05, 0.1) is 22.7 Å². The van der Waals surface area contributed by atoms with Crippen molar-refractivity contribution in [1.82, 2.24) is 0 Å². The molecule has 0 saturated carbocycles. The second-order valence-corrected chi connectivity index (χ2v) is 2.65. The SMILES string of the molecule is NC1=CC(=NS(=O)[O-])C=CC1=O. The number of hydrogen-bond acceptors (Lipinski definition) is 4. The smallest absolute Gasteiger partial charge is 0.201 e. The zero-order valence-corrected chi connectivity index (χ0v) is 6.71. The van der Waals surface area contributed by atoms with E-state index in [-0.39, 0.29) is 17.2 Å². The summed E-state index contributed by atoms with van der Waals surface area (Å²) < 4.78 is 23.3. The predicted octanol–water partition coefficient (Wildman–Crippen LogP) is -0.797. The maximum Gasteiger partial charge on any atom is 0.201 e. The molecule has 0 saturated heterocycles. The van der Waals surface area contributed by atoms with Gasteiger partial charge in [0.1, 0.15) is 0 Å². The third-order valence-corrected chi connectivity index (χ3v) is 1.53. The molecule has 0 aromatic heterocycles. The van der Waals surface area contributed by atoms with Gasteiger partial charge >= 0.3 is 0 Å². The standard InChI is InChI=1S/C6H6N2O3S/c7-5-3-4(8-12(10)11)1-2-6(5)9/h1-3H,7H2,(H,10,11)/p-1. The van der Waals surface area contributed by atoms with E-state index in [2.05, 4.69) is 4.40 Å². The summed E-state index contributed by atoms with van der Waals surface area (Å²) in [4.78, 5) is 10.7. The Morgan fingerprint density at radius 3 is 2.67 bits per heavy atom. The average molecular weight is 185 g/mol. The Labute approximate surface area is 71.1 Å². The number of hydrogen-bond donors (Lipinski definition) is 1. The van der Waals surface area contributed by atoms with Crippen LogP contribution in [-0.2, 0) is 16.1 Å². The van der Waals surface area contributed by atoms with Gasteiger partial charge in [-0.25, -0.2) is 0 Å². The summed E-state index contributed by atoms with van der Waals surface area (Å²) >= 11 is -2.51. The van der Waals surface area contributed by atoms with E-state index < -0.39 is 11.3 Å². The molecular formula is C6H5N2O3S-. The molecule has 12 heavy (non-hydrogen) atoms. The van der Waals surface area contributed by atoms with E-state index in [0.29, 0.717) is 0 Å². The first-order valence-electron chi connectivity index (χ1n) is 2.97. The normalized spacial score (nSPS) is 22.6. The van der Waals surface area contributed by atoms with E-state index in [4.69, 9.17) is 5.73 Å². The van der Waals surface area contributed by atoms with Gasteiger partial charge in [-0.1, -0.05) is 0 Å². The van der Waals surface area contributed by atoms with Gasteiger partial charge in [0.2, 0.25) is 5.78 Å². The number of nitrogens with zero attached hydrogens (tertiary/aromatic N) is 1. The van der Waals surface area contributed by atoms with Crippen molar-refractivity contribution in [2.24, 2.45) is 10.1 Å². The molecule has 6 heteroatoms. The predicted molar refractivity (Wildman–Crippen MR) is 42.8 cm³/mol. The molecule has 1 aliphatic rings. The van der Waals surface area contributed by atoms with Crippen molar-refractivity contribution in [1.29, 1.82) is 0 Å². The molecule has 0 spiro atoms. The average Bonchev–Trinajstić information content (AvgIpc) is 1.96. The van der Waals surface area contributed by atoms with Crippen LogP contribution in [-0.4, -0.2) is 20.3 Å². The number of carbonyl (C=O) groups is 1. The van der Waals surface area contributed by atoms with Crippen LogP contribution in [0.3, 0.4) is 0 Å². The number of nitrogens with two attached hydrogens (primary N) is 1. The van der Waals surface area contributed by atoms with E-state index in [1.807, 2.05) is 0 Å². The molecule has 0 heterocycles. The lowest BCUT2D eigenvalue weighted by Crippen LogP contribution is -2.14. The summed E-state index contributed by atoms with van der Waals surface area (Å²) in [7, 11) is 0. The number of allylic oxidation sites excluding steroid dienone is 3. The second kappa shape index (κ2) is 3.42. The van der Waals surface area contributed by atoms with Crippen LogP contribution in [0, 0.1) is 0 Å². The Morgan fingerprint density at radius 2 is 2.17 bits per heavy atom. The Morgan fingerprint density at radius 1 is 1.50 bits per heavy atom. The molecule has 0 bridgehead atoms. The maximum absolute atomic E-state index is 10.7. The molecule has 64 valence electrons. The monoisotopic (exact) mass is 185 g/mol. The van der Waals surface area contributed by atoms with Crippen LogP contribution in [0.5, 0.6) is 0 Å². The Hall–Kier alpha value is -1.27. The molecular weight excluding hydrogens is 180 g/mol. The van der Waals surface area contributed by atoms with Gasteiger partial charge in [-0.2, -0.15) is 4.40 Å². The summed E-state index contributed by atoms with van der Waals surface area (Å²) in [6, 6.07) is 0. The molecule has 1 atom stereocenters. The molecule has 1 unspecified atom stereocenters. The Kier molecular flexibility index (Phi) is 2.51. The summed E-state index contributed by atoms with van der Waals surface area (Å²) in [5, 5.41) is 0. The molecule has 1 rings (SSSR count). The van der Waals surface area contributed by atoms with Crippen LogP contribution in [0.25, 0.3) is 0 Å². The van der Waals surface area contributed by atoms with Crippen LogP contribution in [0.4, 0.5) is 0 Å². The van der Waals surface area contributed by atoms with Crippen molar-refractivity contribution in [3.05, 3.63) is 23.9 Å². The molecule has 0 aromatic rings. The summed E-state index contributed by atoms with van der Waals surface area (Å²) in [6.45, 7) is 0. The van der Waals surface area contributed by atoms with Crippen LogP contribution < -0.4 is 5.73 Å². The minimum absolute atomic E-state index is 0.0123. The lowest BCUT2D eigenvalue weighted by atomic mass is 10.1. The van der Waals surface area contributed by atoms with Gasteiger partial charge in [-0.15, -0.1) is 0 Å². The topological polar surface area (TPSA) is 95.6 Å². The summed E-state index contributed by atoms with van der Waals surface area (Å²) in [5.74, 6) is -0.342. The van der Waals surface area contributed by atoms with Crippen molar-refractivity contribution in [3.63, 3.8) is 0 Å². The van der Waals surface area contributed by atoms with E-state index in [1.54, 1.807) is 0 Å². The van der Waals surface area contributed by atoms with Gasteiger partial charge < -0.3 is 10.3 Å². The highest BCUT2D eigenvalue weighted by atomic mass is 32.2. The van der Waals surface area contributed by atoms with Crippen molar-refractivity contribution in [2.45, 2.75) is 0 Å². The van der Waals surface area contributed by atoms with E-state index >= 15 is 0 Å². The highest BCUT2D eigenvalue weighted by molar-refractivity contribution is 7.77. The maximum atomic E-state index is 10.7. The van der Waals surface area contributed by atoms with Crippen molar-refractivity contribution >= 4 is 22.8 Å². The minimum atomic E-state index is -2.51. The van der Waals surface area contributed by atoms with Gasteiger partial charge in [0.25, 0.3) is 0 Å². The first kappa shape index (κ1) is 8.82. The van der Waals surface area contributed by atoms with Crippen LogP contribution >= 0.6 is 0 Å². The highest BCUT2D eigenvalue weighted by Gasteiger charge is 2.07. The third kappa shape index (κ3) is 2.11. The Balaban J connectivity index is 2.93. The first-order valence-corrected chi connectivity index (χ1v) is 4.00. The molecule has 0 radical (unpaired) electrons. The number of carbonyl (C=O) groups excluding carboxylic acids is 1. The zero-order chi connectivity index (χ0) is 9.14. The van der Waals surface area contributed by atoms with Gasteiger partial charge in [0.15, 0.2) is 0 Å². The van der Waals surface area contributed by atoms with Crippen LogP contribution in [0.2, 0.25) is 0 Å². The first-order chi connectivity index (χ1) is 5.59. The molecule has 0 aromatic carbocycles. The van der Waals surface area contributed by atoms with Gasteiger partial charge in [0, 0.05) is 0 Å². The number of rotatable bonds is 1. The largest absolute Gasteiger partial charge is 0.754 e. The molecule has 0 amide bonds. The van der Waals surface area contributed by atoms with E-state index in [9.17, 15) is 13.6 Å². The van der Waals surface area contributed by atoms with Crippen molar-refractivity contribution in [3.8, 4) is 0 Å². The fourth-order valence-corrected chi connectivity index (χ4v) is 0.964. The molecule has 0 fully saturated rings. The van der Waals surface area contributed by atoms with Gasteiger partial charge in [-0.05, 0) is 18.2 Å². The molecule has 5 nitrogen and oxygen atoms in total. The van der Waals surface area contributed by atoms with Crippen LogP contribution in [0.1, 0.15) is 0 Å². The molecule has 2 N–H and O–H groups in total. The van der Waals surface area contributed by atoms with E-state index in [0.717, 1.165) is 0 Å². The van der Waals surface area contributed by atoms with Crippen molar-refractivity contribution < 1.29 is 13.6 Å². The minimum Gasteiger partial charge on any atom is -0.754 e. The molecule has 1 aliphatic carbocycles. The van der Waals surface area contributed by atoms with Crippen molar-refractivity contribution in [2.75, 3.05) is 0 Å². The fraction of sp³-hybridized carbons (Fsp3) is 0. The zero-order valence-electron chi connectivity index (χ0n) is 5.89. The summed E-state index contributed by atoms with van der Waals surface area (Å²) in [5.41, 5.74) is 5.36. The van der Waals surface area contributed by atoms with Crippen LogP contribution in [0.15, 0.2) is 28.3 Å². The molecule has 0 aliphatic heterocycles. The fourth-order valence-electron chi connectivity index (χ4n) is 0.679. The Bertz CT molecular complexity index is 330. The van der Waals surface area contributed by atoms with E-state index in [1.165, 1.54) is 18.2 Å². The summed E-state index contributed by atoms with van der Waals surface area (Å²) in [6.07, 6.45) is 3.66. The third-order valence-electron chi connectivity index (χ3n) is 1.17. The second-order valence-electron chi connectivity index (χ2n) is 2.03. The highest BCUT2D eigenvalue weighted by Crippen LogP contribution is 2.00. The lowest BCUT2D eigenvalue weighted by molar-refractivity contribution is -0.111. The number of ketones is 1.